The molecule has 0 radical (unpaired) electrons. The fraction of sp³-hybridized carbons (Fsp3) is 0.310. The van der Waals surface area contributed by atoms with Crippen LogP contribution in [-0.2, 0) is 0 Å². The molecule has 0 aliphatic rings. The number of hydrogen-bond donors (Lipinski definition) is 0. The van der Waals surface area contributed by atoms with Crippen molar-refractivity contribution in [3.63, 3.8) is 0 Å². The maximum atomic E-state index is 10.9. The van der Waals surface area contributed by atoms with Gasteiger partial charge in [-0.05, 0) is 87.7 Å². The van der Waals surface area contributed by atoms with Crippen LogP contribution in [0.1, 0.15) is 48.8 Å². The average Bonchev–Trinajstić information content (AvgIpc) is 4.14. The van der Waals surface area contributed by atoms with Crippen LogP contribution in [-0.4, -0.2) is 48.4 Å². The van der Waals surface area contributed by atoms with E-state index in [2.05, 4.69) is 227 Å². The first-order chi connectivity index (χ1) is 34.4. The number of nitriles is 2. The van der Waals surface area contributed by atoms with Crippen molar-refractivity contribution < 1.29 is 0 Å². The van der Waals surface area contributed by atoms with Gasteiger partial charge in [0.1, 0.15) is 17.7 Å². The molecular formula is C58H70N2S8Si6. The molecule has 0 aliphatic heterocycles. The summed E-state index contributed by atoms with van der Waals surface area (Å²) in [5, 5.41) is 21.8. The Morgan fingerprint density at radius 1 is 0.243 bits per heavy atom. The van der Waals surface area contributed by atoms with Gasteiger partial charge in [0.15, 0.2) is 0 Å². The van der Waals surface area contributed by atoms with Crippen LogP contribution in [0.3, 0.4) is 0 Å². The van der Waals surface area contributed by atoms with Crippen LogP contribution >= 0.6 is 90.7 Å². The van der Waals surface area contributed by atoms with E-state index < -0.39 is 48.4 Å². The molecule has 16 heteroatoms. The molecule has 0 aromatic carbocycles. The molecule has 74 heavy (non-hydrogen) atoms. The van der Waals surface area contributed by atoms with Gasteiger partial charge in [0.2, 0.25) is 0 Å². The number of hydrogen-bond acceptors (Lipinski definition) is 10. The van der Waals surface area contributed by atoms with E-state index in [1.165, 1.54) is 78.6 Å². The third-order valence-corrected chi connectivity index (χ3v) is 43.2. The third-order valence-electron chi connectivity index (χ3n) is 12.7. The smallest absolute Gasteiger partial charge is 0.139 e. The second-order valence-corrected chi connectivity index (χ2v) is 66.4. The molecule has 2 nitrogen and oxygen atoms in total. The Morgan fingerprint density at radius 3 is 0.541 bits per heavy atom. The van der Waals surface area contributed by atoms with Crippen molar-refractivity contribution in [1.82, 2.24) is 0 Å². The lowest BCUT2D eigenvalue weighted by molar-refractivity contribution is 1.46. The molecule has 0 saturated heterocycles. The first kappa shape index (κ1) is 57.3. The van der Waals surface area contributed by atoms with Gasteiger partial charge in [-0.15, -0.1) is 90.7 Å². The third kappa shape index (κ3) is 12.3. The maximum Gasteiger partial charge on any atom is 0.139 e. The van der Waals surface area contributed by atoms with Crippen LogP contribution < -0.4 is 27.0 Å². The summed E-state index contributed by atoms with van der Waals surface area (Å²) in [7, 11) is -9.71. The Balaban J connectivity index is 1.39. The summed E-state index contributed by atoms with van der Waals surface area (Å²) in [5.74, 6) is 0. The Hall–Kier alpha value is -2.90. The monoisotopic (exact) mass is 1220 g/mol. The average molecular weight is 1220 g/mol. The van der Waals surface area contributed by atoms with E-state index in [4.69, 9.17) is 0 Å². The summed E-state index contributed by atoms with van der Waals surface area (Å²) in [6.45, 7) is 44.0. The van der Waals surface area contributed by atoms with Crippen molar-refractivity contribution >= 4 is 194 Å². The first-order valence-corrected chi connectivity index (χ1v) is 52.8. The van der Waals surface area contributed by atoms with Crippen LogP contribution in [0.25, 0.3) is 27.9 Å². The topological polar surface area (TPSA) is 47.6 Å². The van der Waals surface area contributed by atoms with E-state index in [1.54, 1.807) is 22.7 Å². The van der Waals surface area contributed by atoms with Crippen LogP contribution in [0.5, 0.6) is 0 Å². The molecule has 0 fully saturated rings. The summed E-state index contributed by atoms with van der Waals surface area (Å²) in [6.07, 6.45) is 0. The molecular weight excluding hydrogens is 1150 g/mol. The minimum atomic E-state index is -1.64. The second kappa shape index (κ2) is 21.4. The lowest BCUT2D eigenvalue weighted by atomic mass is 10.0. The van der Waals surface area contributed by atoms with Gasteiger partial charge in [-0.3, -0.25) is 0 Å². The molecule has 0 bridgehead atoms. The molecule has 8 aromatic heterocycles. The Morgan fingerprint density at radius 2 is 0.392 bits per heavy atom. The minimum Gasteiger partial charge on any atom is -0.192 e. The van der Waals surface area contributed by atoms with Gasteiger partial charge in [0, 0.05) is 76.6 Å². The minimum absolute atomic E-state index is 0.143. The maximum absolute atomic E-state index is 10.9. The Bertz CT molecular complexity index is 3210. The quantitative estimate of drug-likeness (QED) is 0.0715. The van der Waals surface area contributed by atoms with Gasteiger partial charge in [0.25, 0.3) is 0 Å². The highest BCUT2D eigenvalue weighted by atomic mass is 32.1. The molecule has 0 spiro atoms. The normalized spacial score (nSPS) is 12.7. The molecule has 0 N–H and O–H groups in total. The predicted molar refractivity (Wildman–Crippen MR) is 360 cm³/mol. The van der Waals surface area contributed by atoms with Crippen molar-refractivity contribution in [3.05, 3.63) is 151 Å². The zero-order valence-corrected chi connectivity index (χ0v) is 58.9. The standard InChI is InChI=1S/C58H70N2S8Si6/c1-69(2,3)48-29-23-42(63-48)55(57(44-25-31-50(65-44)71(7,8)9)45-26-32-51(66-45)72(10,11)12)40-21-19-38(61-40)54(37(35-59)36-60)39-20-22-41(62-39)56(43-24-30-49(64-43)70(4,5)6)58(46-27-33-52(67-46)73(13,14)15)47-28-34-53(68-47)74(16,17)18/h19-34H,1-18H3. The van der Waals surface area contributed by atoms with Crippen LogP contribution in [0.4, 0.5) is 0 Å². The van der Waals surface area contributed by atoms with Gasteiger partial charge in [-0.25, -0.2) is 0 Å². The van der Waals surface area contributed by atoms with Crippen molar-refractivity contribution in [1.29, 1.82) is 10.5 Å². The van der Waals surface area contributed by atoms with Crippen molar-refractivity contribution in [2.24, 2.45) is 0 Å². The van der Waals surface area contributed by atoms with Crippen molar-refractivity contribution in [2.75, 3.05) is 0 Å². The van der Waals surface area contributed by atoms with Crippen LogP contribution in [0.2, 0.25) is 118 Å². The lowest BCUT2D eigenvalue weighted by Crippen LogP contribution is -2.34. The number of allylic oxidation sites excluding steroid dienone is 1. The SMILES string of the molecule is C[Si](C)(C)c1ccc(C(=C(c2ccc([Si](C)(C)C)s2)c2ccc([Si](C)(C)C)s2)c2ccc(C(=C(C#N)C#N)c3ccc(C(=C(c4ccc([Si](C)(C)C)s4)c4ccc([Si](C)(C)C)s4)c4ccc([Si](C)(C)C)s4)s3)s2)s1. The molecule has 0 unspecified atom stereocenters. The summed E-state index contributed by atoms with van der Waals surface area (Å²) in [4.78, 5) is 11.9. The van der Waals surface area contributed by atoms with Gasteiger partial charge in [0.05, 0.1) is 48.4 Å². The van der Waals surface area contributed by atoms with Gasteiger partial charge < -0.3 is 0 Å². The molecule has 0 atom stereocenters. The lowest BCUT2D eigenvalue weighted by Gasteiger charge is -2.16. The Kier molecular flexibility index (Phi) is 16.6. The molecule has 384 valence electrons. The molecule has 0 amide bonds. The van der Waals surface area contributed by atoms with E-state index in [0.717, 1.165) is 25.1 Å². The summed E-state index contributed by atoms with van der Waals surface area (Å²) < 4.78 is 8.97. The highest BCUT2D eigenvalue weighted by Crippen LogP contribution is 2.48. The van der Waals surface area contributed by atoms with Gasteiger partial charge in [-0.1, -0.05) is 154 Å². The summed E-state index contributed by atoms with van der Waals surface area (Å²) in [6, 6.07) is 42.3. The zero-order valence-electron chi connectivity index (χ0n) is 46.4. The number of nitrogens with zero attached hydrogens (tertiary/aromatic N) is 2. The van der Waals surface area contributed by atoms with E-state index >= 15 is 0 Å². The highest BCUT2D eigenvalue weighted by Gasteiger charge is 2.32. The van der Waals surface area contributed by atoms with E-state index in [-0.39, 0.29) is 5.57 Å². The number of thiophene rings is 8. The zero-order chi connectivity index (χ0) is 54.1. The molecule has 8 heterocycles. The molecule has 8 aromatic rings. The molecule has 0 aliphatic carbocycles. The van der Waals surface area contributed by atoms with E-state index in [1.807, 2.05) is 68.0 Å². The predicted octanol–water partition coefficient (Wildman–Crippen LogP) is 17.3. The van der Waals surface area contributed by atoms with Gasteiger partial charge in [-0.2, -0.15) is 10.5 Å². The first-order valence-electron chi connectivity index (χ1n) is 25.2. The van der Waals surface area contributed by atoms with E-state index in [9.17, 15) is 10.5 Å². The van der Waals surface area contributed by atoms with Crippen molar-refractivity contribution in [3.8, 4) is 12.1 Å². The van der Waals surface area contributed by atoms with Crippen molar-refractivity contribution in [2.45, 2.75) is 118 Å². The van der Waals surface area contributed by atoms with E-state index in [0.29, 0.717) is 0 Å². The fourth-order valence-corrected chi connectivity index (χ4v) is 28.8. The summed E-state index contributed by atoms with van der Waals surface area (Å²) in [5.41, 5.74) is 5.95. The van der Waals surface area contributed by atoms with Crippen LogP contribution in [0, 0.1) is 22.7 Å². The molecule has 0 saturated carbocycles. The number of rotatable bonds is 16. The molecule has 8 rings (SSSR count). The van der Waals surface area contributed by atoms with Gasteiger partial charge >= 0.3 is 0 Å². The Labute approximate surface area is 480 Å². The summed E-state index contributed by atoms with van der Waals surface area (Å²) >= 11 is 15.2. The highest BCUT2D eigenvalue weighted by molar-refractivity contribution is 7.32. The fourth-order valence-electron chi connectivity index (χ4n) is 8.44. The second-order valence-electron chi connectivity index (χ2n) is 25.3. The largest absolute Gasteiger partial charge is 0.192 e. The van der Waals surface area contributed by atoms with Crippen LogP contribution in [0.15, 0.2) is 103 Å².